The summed E-state index contributed by atoms with van der Waals surface area (Å²) >= 11 is -3.11. The standard InChI is InChI=1S/CH2O3.2Ca.H2O3S/c2-1(3)4;;;1-4(2)3/h(H2,2,3,4);;;(H2,1,2,3)/q;2*+2;/p-4. The van der Waals surface area contributed by atoms with Crippen LogP contribution >= 0.6 is 0 Å². The van der Waals surface area contributed by atoms with Crippen LogP contribution in [0.3, 0.4) is 0 Å². The molecule has 0 fully saturated rings. The summed E-state index contributed by atoms with van der Waals surface area (Å²) in [5.41, 5.74) is 0. The molecule has 0 atom stereocenters. The van der Waals surface area contributed by atoms with Gasteiger partial charge < -0.3 is 24.1 Å². The maximum absolute atomic E-state index is 8.44. The monoisotopic (exact) mass is 220 g/mol. The summed E-state index contributed by atoms with van der Waals surface area (Å²) in [4.78, 5) is 8.33. The summed E-state index contributed by atoms with van der Waals surface area (Å²) < 4.78 is 25.3. The van der Waals surface area contributed by atoms with Crippen LogP contribution in [0.1, 0.15) is 0 Å². The van der Waals surface area contributed by atoms with E-state index in [9.17, 15) is 0 Å². The fraction of sp³-hybridized carbons (Fsp3) is 0. The summed E-state index contributed by atoms with van der Waals surface area (Å²) in [5.74, 6) is 0. The molecule has 0 rings (SSSR count). The molecule has 0 bridgehead atoms. The molecular formula is CCa2O6S. The number of carbonyl (C=O) groups excluding carboxylic acids is 1. The molecule has 0 aromatic rings. The van der Waals surface area contributed by atoms with Crippen molar-refractivity contribution in [2.75, 3.05) is 0 Å². The molecule has 0 aromatic heterocycles. The fourth-order valence-electron chi connectivity index (χ4n) is 0. The van der Waals surface area contributed by atoms with E-state index in [1.807, 2.05) is 0 Å². The molecule has 0 N–H and O–H groups in total. The summed E-state index contributed by atoms with van der Waals surface area (Å²) in [6.45, 7) is 0. The smallest absolute Gasteiger partial charge is 0.784 e. The van der Waals surface area contributed by atoms with Gasteiger partial charge in [-0.2, -0.15) is 0 Å². The Labute approximate surface area is 119 Å². The van der Waals surface area contributed by atoms with Gasteiger partial charge in [0, 0.05) is 0 Å². The molecule has 0 radical (unpaired) electrons. The average molecular weight is 220 g/mol. The zero-order valence-electron chi connectivity index (χ0n) is 4.77. The molecule has 50 valence electrons. The van der Waals surface area contributed by atoms with Crippen molar-refractivity contribution in [3.05, 3.63) is 0 Å². The van der Waals surface area contributed by atoms with Crippen LogP contribution in [-0.4, -0.2) is 94.9 Å². The van der Waals surface area contributed by atoms with E-state index in [4.69, 9.17) is 28.3 Å². The largest absolute Gasteiger partial charge is 2.00 e. The number of carboxylic acid groups (broad SMARTS) is 2. The third-order valence-corrected chi connectivity index (χ3v) is 0. The minimum atomic E-state index is -3.11. The molecule has 0 aliphatic heterocycles. The van der Waals surface area contributed by atoms with Crippen LogP contribution in [0, 0.1) is 0 Å². The van der Waals surface area contributed by atoms with E-state index in [0.29, 0.717) is 0 Å². The van der Waals surface area contributed by atoms with E-state index in [-0.39, 0.29) is 75.5 Å². The minimum absolute atomic E-state index is 0. The van der Waals surface area contributed by atoms with Crippen LogP contribution in [0.5, 0.6) is 0 Å². The van der Waals surface area contributed by atoms with Gasteiger partial charge in [0.25, 0.3) is 0 Å². The molecule has 10 heavy (non-hydrogen) atoms. The quantitative estimate of drug-likeness (QED) is 0.301. The van der Waals surface area contributed by atoms with Crippen molar-refractivity contribution >= 4 is 93.0 Å². The molecule has 0 saturated heterocycles. The zero-order chi connectivity index (χ0) is 7.15. The van der Waals surface area contributed by atoms with Gasteiger partial charge in [0.2, 0.25) is 0 Å². The van der Waals surface area contributed by atoms with Crippen molar-refractivity contribution in [3.63, 3.8) is 0 Å². The SMILES string of the molecule is O=C([O-])[O-].O=S([O-])[O-].[Ca+2].[Ca+2]. The van der Waals surface area contributed by atoms with Gasteiger partial charge in [-0.05, 0) is 6.16 Å². The molecule has 0 amide bonds. The van der Waals surface area contributed by atoms with E-state index >= 15 is 0 Å². The second kappa shape index (κ2) is 17.1. The maximum atomic E-state index is 8.44. The van der Waals surface area contributed by atoms with E-state index in [1.54, 1.807) is 0 Å². The predicted octanol–water partition coefficient (Wildman–Crippen LogP) is -4.21. The summed E-state index contributed by atoms with van der Waals surface area (Å²) in [7, 11) is 0. The zero-order valence-corrected chi connectivity index (χ0v) is 10.0. The van der Waals surface area contributed by atoms with Gasteiger partial charge in [0.15, 0.2) is 0 Å². The molecule has 0 aromatic carbocycles. The second-order valence-electron chi connectivity index (χ2n) is 0.454. The first-order valence-electron chi connectivity index (χ1n) is 1.11. The van der Waals surface area contributed by atoms with Gasteiger partial charge in [-0.1, -0.05) is 0 Å². The maximum Gasteiger partial charge on any atom is 2.00 e. The molecule has 0 aliphatic carbocycles. The normalized spacial score (nSPS) is 5.90. The Morgan fingerprint density at radius 3 is 1.10 bits per heavy atom. The Bertz CT molecular complexity index is 73.7. The van der Waals surface area contributed by atoms with Gasteiger partial charge in [0.1, 0.15) is 0 Å². The fourth-order valence-corrected chi connectivity index (χ4v) is 0. The van der Waals surface area contributed by atoms with Crippen LogP contribution in [0.4, 0.5) is 4.79 Å². The summed E-state index contributed by atoms with van der Waals surface area (Å²) in [6, 6.07) is 0. The molecule has 0 unspecified atom stereocenters. The predicted molar refractivity (Wildman–Crippen MR) is 26.6 cm³/mol. The Morgan fingerprint density at radius 2 is 1.10 bits per heavy atom. The minimum Gasteiger partial charge on any atom is -0.784 e. The third-order valence-electron chi connectivity index (χ3n) is 0. The van der Waals surface area contributed by atoms with Crippen molar-refractivity contribution in [1.82, 2.24) is 0 Å². The van der Waals surface area contributed by atoms with Gasteiger partial charge in [0.05, 0.1) is 0 Å². The topological polar surface area (TPSA) is 126 Å². The van der Waals surface area contributed by atoms with Gasteiger partial charge >= 0.3 is 75.5 Å². The molecule has 9 heteroatoms. The summed E-state index contributed by atoms with van der Waals surface area (Å²) in [6.07, 6.45) is -2.33. The first-order valence-corrected chi connectivity index (χ1v) is 2.11. The van der Waals surface area contributed by atoms with Gasteiger partial charge in [-0.15, -0.1) is 11.4 Å². The third kappa shape index (κ3) is 224. The molecular weight excluding hydrogens is 220 g/mol. The Balaban J connectivity index is -0.0000000300. The van der Waals surface area contributed by atoms with Crippen LogP contribution < -0.4 is 10.2 Å². The van der Waals surface area contributed by atoms with Gasteiger partial charge in [-0.3, -0.25) is 4.21 Å². The van der Waals surface area contributed by atoms with Crippen LogP contribution in [0.15, 0.2) is 0 Å². The van der Waals surface area contributed by atoms with Crippen molar-refractivity contribution in [1.29, 1.82) is 0 Å². The number of carbonyl (C=O) groups is 1. The molecule has 6 nitrogen and oxygen atoms in total. The van der Waals surface area contributed by atoms with Crippen LogP contribution in [0.2, 0.25) is 0 Å². The van der Waals surface area contributed by atoms with Crippen molar-refractivity contribution in [2.45, 2.75) is 0 Å². The first-order chi connectivity index (χ1) is 3.46. The van der Waals surface area contributed by atoms with Gasteiger partial charge in [-0.25, -0.2) is 0 Å². The second-order valence-corrected chi connectivity index (χ2v) is 0.862. The van der Waals surface area contributed by atoms with E-state index in [2.05, 4.69) is 0 Å². The van der Waals surface area contributed by atoms with E-state index < -0.39 is 17.5 Å². The van der Waals surface area contributed by atoms with Crippen molar-refractivity contribution in [2.24, 2.45) is 0 Å². The van der Waals surface area contributed by atoms with Crippen molar-refractivity contribution < 1.29 is 28.3 Å². The van der Waals surface area contributed by atoms with Crippen LogP contribution in [-0.2, 0) is 11.4 Å². The van der Waals surface area contributed by atoms with E-state index in [0.717, 1.165) is 0 Å². The number of hydrogen-bond acceptors (Lipinski definition) is 6. The van der Waals surface area contributed by atoms with Crippen LogP contribution in [0.25, 0.3) is 0 Å². The summed E-state index contributed by atoms with van der Waals surface area (Å²) in [5, 5.41) is 16.7. The Morgan fingerprint density at radius 1 is 1.10 bits per heavy atom. The first kappa shape index (κ1) is 22.6. The molecule has 0 saturated carbocycles. The molecule has 0 spiro atoms. The number of hydrogen-bond donors (Lipinski definition) is 0. The van der Waals surface area contributed by atoms with E-state index in [1.165, 1.54) is 0 Å². The van der Waals surface area contributed by atoms with Crippen molar-refractivity contribution in [3.8, 4) is 0 Å². The Kier molecular flexibility index (Phi) is 38.7. The molecule has 0 aliphatic rings. The molecule has 0 heterocycles. The number of rotatable bonds is 0. The average Bonchev–Trinajstić information content (AvgIpc) is 1.25. The Hall–Kier alpha value is 1.86.